The Balaban J connectivity index is 2.28. The van der Waals surface area contributed by atoms with Gasteiger partial charge in [-0.1, -0.05) is 11.6 Å². The van der Waals surface area contributed by atoms with Crippen molar-refractivity contribution in [3.05, 3.63) is 48.7 Å². The van der Waals surface area contributed by atoms with E-state index in [2.05, 4.69) is 63.1 Å². The summed E-state index contributed by atoms with van der Waals surface area (Å²) in [5, 5.41) is 3.13. The summed E-state index contributed by atoms with van der Waals surface area (Å²) in [6.45, 7) is 0. The number of aromatic nitrogens is 2. The van der Waals surface area contributed by atoms with Gasteiger partial charge < -0.3 is 5.32 Å². The van der Waals surface area contributed by atoms with Gasteiger partial charge >= 0.3 is 0 Å². The molecule has 19 heavy (non-hydrogen) atoms. The molecule has 0 fully saturated rings. The summed E-state index contributed by atoms with van der Waals surface area (Å²) in [6, 6.07) is 4.97. The van der Waals surface area contributed by atoms with Crippen LogP contribution in [0.2, 0.25) is 5.02 Å². The number of rotatable bonds is 2. The Bertz CT molecular complexity index is 651. The molecule has 1 heterocycles. The van der Waals surface area contributed by atoms with Gasteiger partial charge in [-0.2, -0.15) is 0 Å². The molecular formula is C11H5Br3ClN3O. The Morgan fingerprint density at radius 2 is 2.00 bits per heavy atom. The molecule has 0 atom stereocenters. The largest absolute Gasteiger partial charge is 0.304 e. The van der Waals surface area contributed by atoms with Crippen LogP contribution in [0.15, 0.2) is 38.1 Å². The molecule has 0 saturated carbocycles. The summed E-state index contributed by atoms with van der Waals surface area (Å²) in [7, 11) is 0. The molecule has 0 spiro atoms. The van der Waals surface area contributed by atoms with Crippen molar-refractivity contribution in [3.63, 3.8) is 0 Å². The van der Waals surface area contributed by atoms with Gasteiger partial charge in [-0.05, 0) is 66.0 Å². The van der Waals surface area contributed by atoms with Gasteiger partial charge in [-0.25, -0.2) is 9.97 Å². The number of hydrogen-bond acceptors (Lipinski definition) is 3. The maximum Gasteiger partial charge on any atom is 0.258 e. The van der Waals surface area contributed by atoms with Gasteiger partial charge in [0.25, 0.3) is 5.91 Å². The molecule has 4 nitrogen and oxygen atoms in total. The van der Waals surface area contributed by atoms with Crippen LogP contribution in [0.3, 0.4) is 0 Å². The smallest absolute Gasteiger partial charge is 0.258 e. The standard InChI is InChI=1S/C11H5Br3ClN3O/c12-7-2-1-5(15)3-6(7)11(19)18-10-9(14)17-8(13)4-16-10/h1-4H,(H,16,18,19). The van der Waals surface area contributed by atoms with Crippen LogP contribution in [0.25, 0.3) is 0 Å². The predicted octanol–water partition coefficient (Wildman–Crippen LogP) is 4.67. The number of hydrogen-bond donors (Lipinski definition) is 1. The molecule has 0 aliphatic carbocycles. The fourth-order valence-electron chi connectivity index (χ4n) is 1.28. The van der Waals surface area contributed by atoms with Gasteiger partial charge in [0, 0.05) is 9.50 Å². The third-order valence-corrected chi connectivity index (χ3v) is 3.97. The molecule has 8 heteroatoms. The second-order valence-electron chi connectivity index (χ2n) is 3.41. The van der Waals surface area contributed by atoms with Crippen LogP contribution in [-0.4, -0.2) is 15.9 Å². The third kappa shape index (κ3) is 3.75. The second-order valence-corrected chi connectivity index (χ2v) is 6.26. The predicted molar refractivity (Wildman–Crippen MR) is 84.5 cm³/mol. The lowest BCUT2D eigenvalue weighted by Crippen LogP contribution is -2.14. The van der Waals surface area contributed by atoms with E-state index in [9.17, 15) is 4.79 Å². The molecule has 2 rings (SSSR count). The van der Waals surface area contributed by atoms with Crippen molar-refractivity contribution in [2.45, 2.75) is 0 Å². The van der Waals surface area contributed by atoms with Crippen molar-refractivity contribution >= 4 is 71.1 Å². The molecule has 0 bridgehead atoms. The third-order valence-electron chi connectivity index (χ3n) is 2.11. The number of benzene rings is 1. The van der Waals surface area contributed by atoms with Crippen molar-refractivity contribution in [2.24, 2.45) is 0 Å². The van der Waals surface area contributed by atoms with Crippen LogP contribution in [0.4, 0.5) is 5.82 Å². The molecular weight excluding hydrogens is 465 g/mol. The van der Waals surface area contributed by atoms with Crippen LogP contribution < -0.4 is 5.32 Å². The Morgan fingerprint density at radius 1 is 1.26 bits per heavy atom. The van der Waals surface area contributed by atoms with E-state index in [1.54, 1.807) is 18.2 Å². The highest BCUT2D eigenvalue weighted by Gasteiger charge is 2.13. The summed E-state index contributed by atoms with van der Waals surface area (Å²) < 4.78 is 1.66. The van der Waals surface area contributed by atoms with Crippen LogP contribution >= 0.6 is 59.4 Å². The lowest BCUT2D eigenvalue weighted by Gasteiger charge is -2.07. The summed E-state index contributed by atoms with van der Waals surface area (Å²) in [6.07, 6.45) is 1.49. The highest BCUT2D eigenvalue weighted by molar-refractivity contribution is 9.11. The van der Waals surface area contributed by atoms with E-state index in [1.807, 2.05) is 0 Å². The first-order valence-electron chi connectivity index (χ1n) is 4.92. The molecule has 2 aromatic rings. The highest BCUT2D eigenvalue weighted by atomic mass is 79.9. The summed E-state index contributed by atoms with van der Waals surface area (Å²) in [4.78, 5) is 20.3. The minimum Gasteiger partial charge on any atom is -0.304 e. The monoisotopic (exact) mass is 467 g/mol. The van der Waals surface area contributed by atoms with Crippen LogP contribution in [-0.2, 0) is 0 Å². The normalized spacial score (nSPS) is 10.3. The molecule has 0 radical (unpaired) electrons. The van der Waals surface area contributed by atoms with Gasteiger partial charge in [-0.3, -0.25) is 4.79 Å². The molecule has 1 amide bonds. The first kappa shape index (κ1) is 14.9. The molecule has 98 valence electrons. The number of halogens is 4. The van der Waals surface area contributed by atoms with Gasteiger partial charge in [0.1, 0.15) is 9.21 Å². The first-order chi connectivity index (χ1) is 8.97. The quantitative estimate of drug-likeness (QED) is 0.694. The number of carbonyl (C=O) groups excluding carboxylic acids is 1. The molecule has 1 N–H and O–H groups in total. The lowest BCUT2D eigenvalue weighted by atomic mass is 10.2. The first-order valence-corrected chi connectivity index (χ1v) is 7.67. The van der Waals surface area contributed by atoms with Crippen LogP contribution in [0.1, 0.15) is 10.4 Å². The zero-order valence-electron chi connectivity index (χ0n) is 9.12. The molecule has 0 aliphatic heterocycles. The van der Waals surface area contributed by atoms with Gasteiger partial charge in [0.15, 0.2) is 5.82 Å². The van der Waals surface area contributed by atoms with E-state index in [1.165, 1.54) is 6.20 Å². The van der Waals surface area contributed by atoms with Gasteiger partial charge in [0.05, 0.1) is 11.8 Å². The van der Waals surface area contributed by atoms with E-state index in [0.717, 1.165) is 0 Å². The van der Waals surface area contributed by atoms with Crippen LogP contribution in [0, 0.1) is 0 Å². The fourth-order valence-corrected chi connectivity index (χ4v) is 2.79. The van der Waals surface area contributed by atoms with E-state index in [0.29, 0.717) is 30.1 Å². The zero-order chi connectivity index (χ0) is 14.0. The molecule has 0 unspecified atom stereocenters. The maximum absolute atomic E-state index is 12.1. The van der Waals surface area contributed by atoms with Crippen molar-refractivity contribution in [2.75, 3.05) is 5.32 Å². The zero-order valence-corrected chi connectivity index (χ0v) is 14.6. The number of anilines is 1. The highest BCUT2D eigenvalue weighted by Crippen LogP contribution is 2.24. The fraction of sp³-hybridized carbons (Fsp3) is 0. The topological polar surface area (TPSA) is 54.9 Å². The summed E-state index contributed by atoms with van der Waals surface area (Å²) >= 11 is 15.6. The van der Waals surface area contributed by atoms with Crippen molar-refractivity contribution in [1.82, 2.24) is 9.97 Å². The van der Waals surface area contributed by atoms with Crippen molar-refractivity contribution in [3.8, 4) is 0 Å². The van der Waals surface area contributed by atoms with Crippen molar-refractivity contribution < 1.29 is 4.79 Å². The van der Waals surface area contributed by atoms with Crippen LogP contribution in [0.5, 0.6) is 0 Å². The Kier molecular flexibility index (Phi) is 4.94. The minimum atomic E-state index is -0.327. The number of carbonyl (C=O) groups is 1. The number of nitrogens with one attached hydrogen (secondary N) is 1. The minimum absolute atomic E-state index is 0.327. The second kappa shape index (κ2) is 6.30. The Hall–Kier alpha value is -0.500. The maximum atomic E-state index is 12.1. The lowest BCUT2D eigenvalue weighted by molar-refractivity contribution is 0.102. The van der Waals surface area contributed by atoms with E-state index in [-0.39, 0.29) is 5.91 Å². The summed E-state index contributed by atoms with van der Waals surface area (Å²) in [5.74, 6) is 0.00627. The van der Waals surface area contributed by atoms with E-state index >= 15 is 0 Å². The van der Waals surface area contributed by atoms with E-state index in [4.69, 9.17) is 11.6 Å². The SMILES string of the molecule is O=C(Nc1ncc(Br)nc1Br)c1cc(Cl)ccc1Br. The molecule has 0 saturated heterocycles. The molecule has 1 aromatic carbocycles. The Morgan fingerprint density at radius 3 is 2.68 bits per heavy atom. The average Bonchev–Trinajstić information content (AvgIpc) is 2.35. The van der Waals surface area contributed by atoms with Gasteiger partial charge in [0.2, 0.25) is 0 Å². The van der Waals surface area contributed by atoms with E-state index < -0.39 is 0 Å². The number of nitrogens with zero attached hydrogens (tertiary/aromatic N) is 2. The average molecular weight is 470 g/mol. The summed E-state index contributed by atoms with van der Waals surface area (Å²) in [5.41, 5.74) is 0.420. The van der Waals surface area contributed by atoms with Crippen molar-refractivity contribution in [1.29, 1.82) is 0 Å². The molecule has 1 aromatic heterocycles. The van der Waals surface area contributed by atoms with Gasteiger partial charge in [-0.15, -0.1) is 0 Å². The Labute approximate surface area is 139 Å². The molecule has 0 aliphatic rings. The number of amides is 1.